The first-order valence-corrected chi connectivity index (χ1v) is 10.7. The van der Waals surface area contributed by atoms with Crippen molar-refractivity contribution in [2.45, 2.75) is 19.4 Å². The number of ether oxygens (including phenoxy) is 1. The van der Waals surface area contributed by atoms with Crippen LogP contribution in [0.4, 0.5) is 5.69 Å². The summed E-state index contributed by atoms with van der Waals surface area (Å²) in [5.74, 6) is 0.818. The van der Waals surface area contributed by atoms with Crippen molar-refractivity contribution in [1.29, 1.82) is 0 Å². The van der Waals surface area contributed by atoms with Crippen LogP contribution in [0.15, 0.2) is 66.7 Å². The predicted molar refractivity (Wildman–Crippen MR) is 119 cm³/mol. The molecular formula is C25H31N2O2+. The van der Waals surface area contributed by atoms with Gasteiger partial charge in [0.05, 0.1) is 26.2 Å². The van der Waals surface area contributed by atoms with Crippen molar-refractivity contribution >= 4 is 16.5 Å². The minimum Gasteiger partial charge on any atom is -0.491 e. The van der Waals surface area contributed by atoms with E-state index in [-0.39, 0.29) is 0 Å². The molecule has 29 heavy (non-hydrogen) atoms. The van der Waals surface area contributed by atoms with Crippen molar-refractivity contribution in [3.63, 3.8) is 0 Å². The number of benzene rings is 3. The molecule has 0 spiro atoms. The second-order valence-electron chi connectivity index (χ2n) is 7.93. The van der Waals surface area contributed by atoms with E-state index in [9.17, 15) is 5.11 Å². The summed E-state index contributed by atoms with van der Waals surface area (Å²) in [4.78, 5) is 3.89. The number of fused-ring (bicyclic) bond motifs is 1. The topological polar surface area (TPSA) is 37.1 Å². The third-order valence-electron chi connectivity index (χ3n) is 5.87. The molecule has 0 unspecified atom stereocenters. The van der Waals surface area contributed by atoms with E-state index in [4.69, 9.17) is 4.74 Å². The van der Waals surface area contributed by atoms with E-state index in [1.165, 1.54) is 21.5 Å². The van der Waals surface area contributed by atoms with Crippen molar-refractivity contribution in [2.75, 3.05) is 44.2 Å². The van der Waals surface area contributed by atoms with Crippen molar-refractivity contribution in [1.82, 2.24) is 0 Å². The largest absolute Gasteiger partial charge is 0.491 e. The third kappa shape index (κ3) is 5.08. The Kier molecular flexibility index (Phi) is 6.33. The molecule has 0 aliphatic carbocycles. The fourth-order valence-electron chi connectivity index (χ4n) is 4.07. The Balaban J connectivity index is 1.23. The monoisotopic (exact) mass is 391 g/mol. The first kappa shape index (κ1) is 19.7. The molecule has 1 fully saturated rings. The number of aryl methyl sites for hydroxylation is 1. The number of rotatable bonds is 7. The predicted octanol–water partition coefficient (Wildman–Crippen LogP) is 2.55. The molecule has 0 bridgehead atoms. The number of anilines is 1. The van der Waals surface area contributed by atoms with E-state index in [1.807, 2.05) is 24.3 Å². The van der Waals surface area contributed by atoms with Crippen LogP contribution in [-0.4, -0.2) is 50.5 Å². The molecule has 1 aliphatic heterocycles. The van der Waals surface area contributed by atoms with Crippen LogP contribution in [0.5, 0.6) is 5.75 Å². The zero-order valence-electron chi connectivity index (χ0n) is 17.2. The molecule has 1 saturated heterocycles. The second-order valence-corrected chi connectivity index (χ2v) is 7.93. The van der Waals surface area contributed by atoms with Crippen LogP contribution in [0.25, 0.3) is 10.8 Å². The Labute approximate surface area is 173 Å². The summed E-state index contributed by atoms with van der Waals surface area (Å²) in [6.07, 6.45) is 0.629. The summed E-state index contributed by atoms with van der Waals surface area (Å²) < 4.78 is 5.86. The van der Waals surface area contributed by atoms with E-state index in [1.54, 1.807) is 0 Å². The van der Waals surface area contributed by atoms with Gasteiger partial charge >= 0.3 is 0 Å². The van der Waals surface area contributed by atoms with Crippen LogP contribution in [0.2, 0.25) is 0 Å². The molecule has 152 valence electrons. The number of nitrogens with zero attached hydrogens (tertiary/aromatic N) is 1. The number of quaternary nitrogens is 1. The van der Waals surface area contributed by atoms with Gasteiger partial charge in [0.15, 0.2) is 0 Å². The SMILES string of the molecule is CCc1ccc(N2CC[NH+](C[C@@H](O)COc3ccc4ccccc4c3)CC2)cc1. The lowest BCUT2D eigenvalue weighted by atomic mass is 10.1. The van der Waals surface area contributed by atoms with Gasteiger partial charge in [0.2, 0.25) is 0 Å². The fraction of sp³-hybridized carbons (Fsp3) is 0.360. The summed E-state index contributed by atoms with van der Waals surface area (Å²) in [6, 6.07) is 23.2. The highest BCUT2D eigenvalue weighted by Crippen LogP contribution is 2.20. The Hall–Kier alpha value is -2.56. The summed E-state index contributed by atoms with van der Waals surface area (Å²) in [6.45, 7) is 7.40. The molecule has 0 amide bonds. The lowest BCUT2D eigenvalue weighted by molar-refractivity contribution is -0.903. The van der Waals surface area contributed by atoms with E-state index in [0.717, 1.165) is 50.3 Å². The summed E-state index contributed by atoms with van der Waals surface area (Å²) in [5.41, 5.74) is 2.69. The van der Waals surface area contributed by atoms with Gasteiger partial charge in [-0.2, -0.15) is 0 Å². The average molecular weight is 392 g/mol. The van der Waals surface area contributed by atoms with Crippen LogP contribution >= 0.6 is 0 Å². The van der Waals surface area contributed by atoms with Gasteiger partial charge in [-0.25, -0.2) is 0 Å². The van der Waals surface area contributed by atoms with Gasteiger partial charge in [-0.3, -0.25) is 0 Å². The van der Waals surface area contributed by atoms with Gasteiger partial charge in [0.1, 0.15) is 25.0 Å². The molecule has 2 N–H and O–H groups in total. The third-order valence-corrected chi connectivity index (χ3v) is 5.87. The molecule has 1 aliphatic rings. The van der Waals surface area contributed by atoms with Crippen LogP contribution < -0.4 is 14.5 Å². The highest BCUT2D eigenvalue weighted by Gasteiger charge is 2.22. The fourth-order valence-corrected chi connectivity index (χ4v) is 4.07. The minimum atomic E-state index is -0.452. The average Bonchev–Trinajstić information content (AvgIpc) is 2.78. The smallest absolute Gasteiger partial charge is 0.137 e. The van der Waals surface area contributed by atoms with Gasteiger partial charge in [0, 0.05) is 5.69 Å². The van der Waals surface area contributed by atoms with Gasteiger partial charge in [-0.15, -0.1) is 0 Å². The lowest BCUT2D eigenvalue weighted by Gasteiger charge is -2.34. The van der Waals surface area contributed by atoms with Crippen LogP contribution in [0.1, 0.15) is 12.5 Å². The molecule has 4 heteroatoms. The first-order valence-electron chi connectivity index (χ1n) is 10.7. The normalized spacial score (nSPS) is 16.1. The Bertz CT molecular complexity index is 918. The highest BCUT2D eigenvalue weighted by molar-refractivity contribution is 5.83. The first-order chi connectivity index (χ1) is 14.2. The van der Waals surface area contributed by atoms with Gasteiger partial charge in [-0.05, 0) is 47.0 Å². The Morgan fingerprint density at radius 2 is 1.69 bits per heavy atom. The highest BCUT2D eigenvalue weighted by atomic mass is 16.5. The number of piperazine rings is 1. The Morgan fingerprint density at radius 1 is 0.966 bits per heavy atom. The van der Waals surface area contributed by atoms with Crippen LogP contribution in [-0.2, 0) is 6.42 Å². The van der Waals surface area contributed by atoms with Crippen LogP contribution in [0.3, 0.4) is 0 Å². The molecule has 1 atom stereocenters. The maximum absolute atomic E-state index is 10.5. The molecule has 0 radical (unpaired) electrons. The number of aliphatic hydroxyl groups excluding tert-OH is 1. The van der Waals surface area contributed by atoms with Crippen molar-refractivity contribution in [3.05, 3.63) is 72.3 Å². The zero-order valence-corrected chi connectivity index (χ0v) is 17.2. The molecule has 0 aromatic heterocycles. The molecule has 0 saturated carbocycles. The van der Waals surface area contributed by atoms with E-state index in [0.29, 0.717) is 6.61 Å². The van der Waals surface area contributed by atoms with Crippen molar-refractivity contribution in [3.8, 4) is 5.75 Å². The molecule has 4 nitrogen and oxygen atoms in total. The maximum Gasteiger partial charge on any atom is 0.137 e. The lowest BCUT2D eigenvalue weighted by Crippen LogP contribution is -3.16. The van der Waals surface area contributed by atoms with E-state index < -0.39 is 6.10 Å². The summed E-state index contributed by atoms with van der Waals surface area (Å²) >= 11 is 0. The number of aliphatic hydroxyl groups is 1. The van der Waals surface area contributed by atoms with Crippen molar-refractivity contribution in [2.24, 2.45) is 0 Å². The van der Waals surface area contributed by atoms with E-state index >= 15 is 0 Å². The zero-order chi connectivity index (χ0) is 20.1. The minimum absolute atomic E-state index is 0.337. The second kappa shape index (κ2) is 9.29. The van der Waals surface area contributed by atoms with Gasteiger partial charge in [-0.1, -0.05) is 49.4 Å². The van der Waals surface area contributed by atoms with Gasteiger partial charge in [0.25, 0.3) is 0 Å². The molecule has 3 aromatic rings. The van der Waals surface area contributed by atoms with Crippen LogP contribution in [0, 0.1) is 0 Å². The standard InChI is InChI=1S/C25H30N2O2/c1-2-20-7-10-23(11-8-20)27-15-13-26(14-16-27)18-24(28)19-29-25-12-9-21-5-3-4-6-22(21)17-25/h3-12,17,24,28H,2,13-16,18-19H2,1H3/p+1/t24-/m1/s1. The summed E-state index contributed by atoms with van der Waals surface area (Å²) in [5, 5.41) is 12.8. The van der Waals surface area contributed by atoms with Crippen molar-refractivity contribution < 1.29 is 14.7 Å². The molecule has 3 aromatic carbocycles. The molecule has 4 rings (SSSR count). The number of nitrogens with one attached hydrogen (secondary N) is 1. The Morgan fingerprint density at radius 3 is 2.41 bits per heavy atom. The molecule has 1 heterocycles. The molecular weight excluding hydrogens is 360 g/mol. The maximum atomic E-state index is 10.5. The summed E-state index contributed by atoms with van der Waals surface area (Å²) in [7, 11) is 0. The van der Waals surface area contributed by atoms with Gasteiger partial charge < -0.3 is 19.6 Å². The van der Waals surface area contributed by atoms with E-state index in [2.05, 4.69) is 54.3 Å². The number of hydrogen-bond donors (Lipinski definition) is 2. The number of hydrogen-bond acceptors (Lipinski definition) is 3. The quantitative estimate of drug-likeness (QED) is 0.650.